The highest BCUT2D eigenvalue weighted by Crippen LogP contribution is 2.27. The van der Waals surface area contributed by atoms with Crippen LogP contribution in [0.15, 0.2) is 48.9 Å². The van der Waals surface area contributed by atoms with Crippen LogP contribution in [0.2, 0.25) is 0 Å². The molecule has 0 saturated carbocycles. The average Bonchev–Trinajstić information content (AvgIpc) is 3.59. The predicted molar refractivity (Wildman–Crippen MR) is 141 cm³/mol. The maximum Gasteiger partial charge on any atom is 0.255 e. The van der Waals surface area contributed by atoms with Crippen LogP contribution in [0.1, 0.15) is 38.5 Å². The molecule has 190 valence electrons. The molecule has 1 fully saturated rings. The Morgan fingerprint density at radius 3 is 2.46 bits per heavy atom. The van der Waals surface area contributed by atoms with E-state index in [2.05, 4.69) is 20.5 Å². The predicted octanol–water partition coefficient (Wildman–Crippen LogP) is 2.73. The molecule has 0 radical (unpaired) electrons. The van der Waals surface area contributed by atoms with E-state index >= 15 is 0 Å². The topological polar surface area (TPSA) is 124 Å². The molecule has 4 aromatic rings. The first-order valence-electron chi connectivity index (χ1n) is 12.2. The molecule has 1 atom stereocenters. The summed E-state index contributed by atoms with van der Waals surface area (Å²) in [6.07, 6.45) is 5.85. The number of aryl methyl sites for hydroxylation is 3. The van der Waals surface area contributed by atoms with E-state index in [4.69, 9.17) is 5.73 Å². The molecule has 3 N–H and O–H groups in total. The van der Waals surface area contributed by atoms with E-state index in [1.165, 1.54) is 0 Å². The van der Waals surface area contributed by atoms with Gasteiger partial charge in [0.1, 0.15) is 5.82 Å². The zero-order chi connectivity index (χ0) is 26.3. The summed E-state index contributed by atoms with van der Waals surface area (Å²) < 4.78 is 3.55. The molecule has 5 rings (SSSR count). The van der Waals surface area contributed by atoms with Crippen LogP contribution in [0.3, 0.4) is 0 Å². The molecule has 0 unspecified atom stereocenters. The van der Waals surface area contributed by atoms with E-state index < -0.39 is 0 Å². The largest absolute Gasteiger partial charge is 0.383 e. The van der Waals surface area contributed by atoms with Crippen molar-refractivity contribution in [3.63, 3.8) is 0 Å². The van der Waals surface area contributed by atoms with Gasteiger partial charge in [-0.15, -0.1) is 0 Å². The molecule has 0 aliphatic carbocycles. The summed E-state index contributed by atoms with van der Waals surface area (Å²) in [5.41, 5.74) is 12.7. The lowest BCUT2D eigenvalue weighted by molar-refractivity contribution is 0.0783. The quantitative estimate of drug-likeness (QED) is 0.436. The Labute approximate surface area is 215 Å². The Morgan fingerprint density at radius 2 is 1.81 bits per heavy atom. The second kappa shape index (κ2) is 9.53. The summed E-state index contributed by atoms with van der Waals surface area (Å²) in [7, 11) is 3.75. The molecule has 2 amide bonds. The SMILES string of the molecule is Cc1nn(C)c(C)c1-c1ccc(C(=O)N2CC[C@@H](NC(=O)c3cc(-c4cnn(C)c4)cnc3N)C2)cc1. The van der Waals surface area contributed by atoms with Gasteiger partial charge in [0.05, 0.1) is 17.5 Å². The number of pyridine rings is 1. The van der Waals surface area contributed by atoms with Gasteiger partial charge in [0.25, 0.3) is 11.8 Å². The van der Waals surface area contributed by atoms with Gasteiger partial charge in [-0.3, -0.25) is 19.0 Å². The average molecular weight is 499 g/mol. The molecular weight excluding hydrogens is 468 g/mol. The number of rotatable bonds is 5. The van der Waals surface area contributed by atoms with Crippen molar-refractivity contribution in [2.45, 2.75) is 26.3 Å². The van der Waals surface area contributed by atoms with Crippen LogP contribution in [0, 0.1) is 13.8 Å². The fraction of sp³-hybridized carbons (Fsp3) is 0.296. The number of carbonyl (C=O) groups is 2. The third-order valence-corrected chi connectivity index (χ3v) is 6.94. The van der Waals surface area contributed by atoms with Gasteiger partial charge >= 0.3 is 0 Å². The molecule has 3 aromatic heterocycles. The lowest BCUT2D eigenvalue weighted by Gasteiger charge is -2.18. The maximum absolute atomic E-state index is 13.2. The van der Waals surface area contributed by atoms with Crippen molar-refractivity contribution in [3.8, 4) is 22.3 Å². The number of nitrogen functional groups attached to an aromatic ring is 1. The van der Waals surface area contributed by atoms with Crippen molar-refractivity contribution < 1.29 is 9.59 Å². The van der Waals surface area contributed by atoms with Gasteiger partial charge in [0.2, 0.25) is 0 Å². The summed E-state index contributed by atoms with van der Waals surface area (Å²) in [6, 6.07) is 9.19. The molecule has 0 spiro atoms. The number of hydrogen-bond acceptors (Lipinski definition) is 6. The molecule has 10 heteroatoms. The zero-order valence-electron chi connectivity index (χ0n) is 21.4. The zero-order valence-corrected chi connectivity index (χ0v) is 21.4. The van der Waals surface area contributed by atoms with E-state index in [9.17, 15) is 9.59 Å². The van der Waals surface area contributed by atoms with Crippen LogP contribution in [-0.4, -0.2) is 60.4 Å². The third-order valence-electron chi connectivity index (χ3n) is 6.94. The number of aromatic nitrogens is 5. The number of amides is 2. The Bertz CT molecular complexity index is 1480. The van der Waals surface area contributed by atoms with E-state index in [0.717, 1.165) is 33.6 Å². The highest BCUT2D eigenvalue weighted by Gasteiger charge is 2.29. The van der Waals surface area contributed by atoms with E-state index in [-0.39, 0.29) is 23.7 Å². The minimum absolute atomic E-state index is 0.0531. The highest BCUT2D eigenvalue weighted by molar-refractivity contribution is 6.00. The van der Waals surface area contributed by atoms with Gasteiger partial charge < -0.3 is 16.0 Å². The molecule has 1 aliphatic rings. The molecule has 1 aromatic carbocycles. The van der Waals surface area contributed by atoms with Crippen molar-refractivity contribution in [2.75, 3.05) is 18.8 Å². The summed E-state index contributed by atoms with van der Waals surface area (Å²) >= 11 is 0. The Kier molecular flexibility index (Phi) is 6.24. The van der Waals surface area contributed by atoms with Gasteiger partial charge in [-0.25, -0.2) is 4.98 Å². The standard InChI is InChI=1S/C27H30N8O2/c1-16-24(17(2)34(4)32-16)18-5-7-19(8-6-18)27(37)35-10-9-22(15-35)31-26(36)23-11-20(12-29-25(23)28)21-13-30-33(3)14-21/h5-8,11-14,22H,9-10,15H2,1-4H3,(H2,28,29)(H,31,36)/t22-/m1/s1. The van der Waals surface area contributed by atoms with Crippen LogP contribution in [-0.2, 0) is 14.1 Å². The monoisotopic (exact) mass is 498 g/mol. The summed E-state index contributed by atoms with van der Waals surface area (Å²) in [5.74, 6) is -0.195. The van der Waals surface area contributed by atoms with E-state index in [0.29, 0.717) is 30.6 Å². The van der Waals surface area contributed by atoms with Gasteiger partial charge in [-0.05, 0) is 44.0 Å². The first-order valence-corrected chi connectivity index (χ1v) is 12.2. The van der Waals surface area contributed by atoms with Crippen LogP contribution in [0.25, 0.3) is 22.3 Å². The van der Waals surface area contributed by atoms with Crippen molar-refractivity contribution >= 4 is 17.6 Å². The maximum atomic E-state index is 13.2. The highest BCUT2D eigenvalue weighted by atomic mass is 16.2. The Hall–Kier alpha value is -4.47. The molecule has 1 aliphatic heterocycles. The lowest BCUT2D eigenvalue weighted by atomic mass is 10.0. The number of likely N-dealkylation sites (tertiary alicyclic amines) is 1. The Morgan fingerprint density at radius 1 is 1.05 bits per heavy atom. The molecule has 37 heavy (non-hydrogen) atoms. The van der Waals surface area contributed by atoms with Crippen LogP contribution in [0.4, 0.5) is 5.82 Å². The molecule has 0 bridgehead atoms. The van der Waals surface area contributed by atoms with Crippen LogP contribution < -0.4 is 11.1 Å². The number of carbonyl (C=O) groups excluding carboxylic acids is 2. The Balaban J connectivity index is 1.24. The molecule has 4 heterocycles. The van der Waals surface area contributed by atoms with Gasteiger partial charge in [0.15, 0.2) is 0 Å². The lowest BCUT2D eigenvalue weighted by Crippen LogP contribution is -2.38. The fourth-order valence-electron chi connectivity index (χ4n) is 4.86. The minimum Gasteiger partial charge on any atom is -0.383 e. The summed E-state index contributed by atoms with van der Waals surface area (Å²) in [5, 5.41) is 11.7. The molecule has 10 nitrogen and oxygen atoms in total. The second-order valence-electron chi connectivity index (χ2n) is 9.52. The number of benzene rings is 1. The van der Waals surface area contributed by atoms with E-state index in [1.54, 1.807) is 28.0 Å². The first-order chi connectivity index (χ1) is 17.7. The van der Waals surface area contributed by atoms with Crippen LogP contribution in [0.5, 0.6) is 0 Å². The number of nitrogens with zero attached hydrogens (tertiary/aromatic N) is 6. The minimum atomic E-state index is -0.304. The normalized spacial score (nSPS) is 15.2. The second-order valence-corrected chi connectivity index (χ2v) is 9.52. The molecular formula is C27H30N8O2. The van der Waals surface area contributed by atoms with Gasteiger partial charge in [-0.2, -0.15) is 10.2 Å². The number of anilines is 1. The fourth-order valence-corrected chi connectivity index (χ4v) is 4.86. The van der Waals surface area contributed by atoms with Gasteiger partial charge in [-0.1, -0.05) is 12.1 Å². The first kappa shape index (κ1) is 24.2. The van der Waals surface area contributed by atoms with E-state index in [1.807, 2.05) is 63.1 Å². The van der Waals surface area contributed by atoms with Crippen molar-refractivity contribution in [3.05, 3.63) is 71.4 Å². The van der Waals surface area contributed by atoms with Crippen molar-refractivity contribution in [1.29, 1.82) is 0 Å². The number of nitrogens with two attached hydrogens (primary N) is 1. The summed E-state index contributed by atoms with van der Waals surface area (Å²) in [6.45, 7) is 5.02. The van der Waals surface area contributed by atoms with Crippen molar-refractivity contribution in [1.82, 2.24) is 34.8 Å². The van der Waals surface area contributed by atoms with Gasteiger partial charge in [0, 0.05) is 73.6 Å². The van der Waals surface area contributed by atoms with Crippen LogP contribution >= 0.6 is 0 Å². The van der Waals surface area contributed by atoms with Crippen molar-refractivity contribution in [2.24, 2.45) is 14.1 Å². The third kappa shape index (κ3) is 4.69. The summed E-state index contributed by atoms with van der Waals surface area (Å²) in [4.78, 5) is 32.1. The number of nitrogens with one attached hydrogen (secondary N) is 1. The molecule has 1 saturated heterocycles. The number of hydrogen-bond donors (Lipinski definition) is 2. The smallest absolute Gasteiger partial charge is 0.255 e.